The van der Waals surface area contributed by atoms with E-state index >= 15 is 0 Å². The van der Waals surface area contributed by atoms with Crippen LogP contribution in [0.25, 0.3) is 0 Å². The Morgan fingerprint density at radius 1 is 1.12 bits per heavy atom. The predicted molar refractivity (Wildman–Crippen MR) is 123 cm³/mol. The maximum absolute atomic E-state index is 12.7. The Morgan fingerprint density at radius 2 is 1.94 bits per heavy atom. The van der Waals surface area contributed by atoms with Crippen molar-refractivity contribution in [2.75, 3.05) is 33.9 Å². The maximum atomic E-state index is 12.7. The Balaban J connectivity index is 1.57. The fourth-order valence-corrected chi connectivity index (χ4v) is 4.76. The quantitative estimate of drug-likeness (QED) is 0.501. The second kappa shape index (κ2) is 11.3. The highest BCUT2D eigenvalue weighted by molar-refractivity contribution is 7.89. The van der Waals surface area contributed by atoms with E-state index < -0.39 is 10.0 Å². The molecule has 0 bridgehead atoms. The number of ether oxygens (including phenoxy) is 2. The molecule has 1 aliphatic rings. The van der Waals surface area contributed by atoms with Gasteiger partial charge in [-0.05, 0) is 68.1 Å². The van der Waals surface area contributed by atoms with Gasteiger partial charge >= 0.3 is 0 Å². The number of carbonyl (C=O) groups is 1. The predicted octanol–water partition coefficient (Wildman–Crippen LogP) is 2.30. The Hall–Kier alpha value is -2.62. The summed E-state index contributed by atoms with van der Waals surface area (Å²) in [7, 11) is -0.832. The average molecular weight is 462 g/mol. The lowest BCUT2D eigenvalue weighted by atomic mass is 9.96. The molecule has 174 valence electrons. The highest BCUT2D eigenvalue weighted by atomic mass is 32.2. The largest absolute Gasteiger partial charge is 0.493 e. The molecule has 0 radical (unpaired) electrons. The molecule has 1 amide bonds. The van der Waals surface area contributed by atoms with Crippen LogP contribution in [-0.2, 0) is 16.6 Å². The van der Waals surface area contributed by atoms with Crippen molar-refractivity contribution in [2.24, 2.45) is 5.92 Å². The summed E-state index contributed by atoms with van der Waals surface area (Å²) in [6.45, 7) is 2.77. The molecule has 2 aromatic rings. The monoisotopic (exact) mass is 461 g/mol. The van der Waals surface area contributed by atoms with Gasteiger partial charge in [-0.25, -0.2) is 13.1 Å². The van der Waals surface area contributed by atoms with Gasteiger partial charge in [0.2, 0.25) is 10.0 Å². The van der Waals surface area contributed by atoms with Crippen LogP contribution in [0.3, 0.4) is 0 Å². The summed E-state index contributed by atoms with van der Waals surface area (Å²) in [5.41, 5.74) is 1.20. The maximum Gasteiger partial charge on any atom is 0.251 e. The Bertz CT molecular complexity index is 1020. The molecule has 1 saturated heterocycles. The first-order valence-electron chi connectivity index (χ1n) is 10.7. The van der Waals surface area contributed by atoms with Crippen molar-refractivity contribution >= 4 is 15.9 Å². The third-order valence-electron chi connectivity index (χ3n) is 5.56. The van der Waals surface area contributed by atoms with E-state index in [1.54, 1.807) is 30.3 Å². The molecule has 8 nitrogen and oxygen atoms in total. The standard InChI is InChI=1S/C23H31N3O5S/c1-30-21-9-8-20(14-22(21)31-2)32(28,29)26-16-18-5-3-7-19(13-18)23(27)25-12-10-17-6-4-11-24-15-17/h3,5,7-9,13-14,17,24,26H,4,6,10-12,15-16H2,1-2H3,(H,25,27). The average Bonchev–Trinajstić information content (AvgIpc) is 2.83. The Labute approximate surface area is 189 Å². The topological polar surface area (TPSA) is 106 Å². The number of nitrogens with one attached hydrogen (secondary N) is 3. The number of sulfonamides is 1. The molecule has 3 rings (SSSR count). The smallest absolute Gasteiger partial charge is 0.251 e. The molecule has 1 heterocycles. The number of benzene rings is 2. The van der Waals surface area contributed by atoms with Gasteiger partial charge in [-0.15, -0.1) is 0 Å². The zero-order valence-electron chi connectivity index (χ0n) is 18.5. The minimum Gasteiger partial charge on any atom is -0.493 e. The van der Waals surface area contributed by atoms with E-state index in [9.17, 15) is 13.2 Å². The van der Waals surface area contributed by atoms with E-state index in [1.165, 1.54) is 39.2 Å². The lowest BCUT2D eigenvalue weighted by Crippen LogP contribution is -2.33. The summed E-state index contributed by atoms with van der Waals surface area (Å²) in [6, 6.07) is 11.4. The fourth-order valence-electron chi connectivity index (χ4n) is 3.73. The molecule has 1 aliphatic heterocycles. The number of hydrogen-bond acceptors (Lipinski definition) is 6. The van der Waals surface area contributed by atoms with Crippen LogP contribution in [0.15, 0.2) is 47.4 Å². The first-order valence-corrected chi connectivity index (χ1v) is 12.2. The number of methoxy groups -OCH3 is 2. The van der Waals surface area contributed by atoms with Gasteiger partial charge in [0.25, 0.3) is 5.91 Å². The van der Waals surface area contributed by atoms with Gasteiger partial charge < -0.3 is 20.1 Å². The normalized spacial score (nSPS) is 16.4. The lowest BCUT2D eigenvalue weighted by molar-refractivity contribution is 0.0950. The molecular formula is C23H31N3O5S. The van der Waals surface area contributed by atoms with E-state index in [0.29, 0.717) is 35.1 Å². The van der Waals surface area contributed by atoms with E-state index in [0.717, 1.165) is 19.5 Å². The molecule has 1 unspecified atom stereocenters. The Morgan fingerprint density at radius 3 is 2.66 bits per heavy atom. The van der Waals surface area contributed by atoms with Gasteiger partial charge in [-0.3, -0.25) is 4.79 Å². The van der Waals surface area contributed by atoms with Gasteiger partial charge in [-0.1, -0.05) is 12.1 Å². The molecule has 32 heavy (non-hydrogen) atoms. The van der Waals surface area contributed by atoms with Crippen molar-refractivity contribution in [3.05, 3.63) is 53.6 Å². The van der Waals surface area contributed by atoms with Gasteiger partial charge in [0.1, 0.15) is 0 Å². The molecule has 9 heteroatoms. The van der Waals surface area contributed by atoms with Crippen molar-refractivity contribution in [2.45, 2.75) is 30.7 Å². The number of carbonyl (C=O) groups excluding carboxylic acids is 1. The molecule has 0 aromatic heterocycles. The summed E-state index contributed by atoms with van der Waals surface area (Å²) in [5, 5.41) is 6.34. The third kappa shape index (κ3) is 6.44. The van der Waals surface area contributed by atoms with Gasteiger partial charge in [0.15, 0.2) is 11.5 Å². The molecule has 0 saturated carbocycles. The number of piperidine rings is 1. The lowest BCUT2D eigenvalue weighted by Gasteiger charge is -2.22. The van der Waals surface area contributed by atoms with Crippen LogP contribution < -0.4 is 24.8 Å². The molecule has 3 N–H and O–H groups in total. The van der Waals surface area contributed by atoms with Gasteiger partial charge in [0, 0.05) is 24.7 Å². The SMILES string of the molecule is COc1ccc(S(=O)(=O)NCc2cccc(C(=O)NCCC3CCCNC3)c2)cc1OC. The van der Waals surface area contributed by atoms with Gasteiger partial charge in [-0.2, -0.15) is 0 Å². The summed E-state index contributed by atoms with van der Waals surface area (Å²) in [5.74, 6) is 1.22. The zero-order valence-corrected chi connectivity index (χ0v) is 19.3. The zero-order chi connectivity index (χ0) is 23.0. The van der Waals surface area contributed by atoms with E-state index in [4.69, 9.17) is 9.47 Å². The summed E-state index contributed by atoms with van der Waals surface area (Å²) in [4.78, 5) is 12.6. The third-order valence-corrected chi connectivity index (χ3v) is 6.96. The molecule has 0 spiro atoms. The number of hydrogen-bond donors (Lipinski definition) is 3. The van der Waals surface area contributed by atoms with Crippen LogP contribution >= 0.6 is 0 Å². The second-order valence-corrected chi connectivity index (χ2v) is 9.57. The molecular weight excluding hydrogens is 430 g/mol. The summed E-state index contributed by atoms with van der Waals surface area (Å²) < 4.78 is 38.3. The van der Waals surface area contributed by atoms with Crippen molar-refractivity contribution < 1.29 is 22.7 Å². The number of amides is 1. The van der Waals surface area contributed by atoms with Crippen LogP contribution in [0.5, 0.6) is 11.5 Å². The minimum absolute atomic E-state index is 0.0611. The van der Waals surface area contributed by atoms with Crippen LogP contribution in [0.4, 0.5) is 0 Å². The van der Waals surface area contributed by atoms with Crippen LogP contribution in [0, 0.1) is 5.92 Å². The first-order chi connectivity index (χ1) is 15.4. The van der Waals surface area contributed by atoms with Crippen molar-refractivity contribution in [1.29, 1.82) is 0 Å². The highest BCUT2D eigenvalue weighted by Crippen LogP contribution is 2.29. The van der Waals surface area contributed by atoms with Crippen LogP contribution in [-0.4, -0.2) is 48.2 Å². The van der Waals surface area contributed by atoms with E-state index in [1.807, 2.05) is 0 Å². The molecule has 1 fully saturated rings. The van der Waals surface area contributed by atoms with E-state index in [2.05, 4.69) is 15.4 Å². The van der Waals surface area contributed by atoms with Crippen molar-refractivity contribution in [3.63, 3.8) is 0 Å². The highest BCUT2D eigenvalue weighted by Gasteiger charge is 2.17. The van der Waals surface area contributed by atoms with Crippen LogP contribution in [0.1, 0.15) is 35.2 Å². The first kappa shape index (κ1) is 24.0. The number of rotatable bonds is 10. The minimum atomic E-state index is -3.77. The molecule has 1 atom stereocenters. The molecule has 0 aliphatic carbocycles. The van der Waals surface area contributed by atoms with Crippen molar-refractivity contribution in [1.82, 2.24) is 15.4 Å². The second-order valence-electron chi connectivity index (χ2n) is 7.80. The fraction of sp³-hybridized carbons (Fsp3) is 0.435. The van der Waals surface area contributed by atoms with Gasteiger partial charge in [0.05, 0.1) is 19.1 Å². The van der Waals surface area contributed by atoms with Crippen molar-refractivity contribution in [3.8, 4) is 11.5 Å². The molecule has 2 aromatic carbocycles. The van der Waals surface area contributed by atoms with Crippen LogP contribution in [0.2, 0.25) is 0 Å². The summed E-state index contributed by atoms with van der Waals surface area (Å²) >= 11 is 0. The van der Waals surface area contributed by atoms with E-state index in [-0.39, 0.29) is 17.3 Å². The Kier molecular flexibility index (Phi) is 8.49. The summed E-state index contributed by atoms with van der Waals surface area (Å²) in [6.07, 6.45) is 3.32.